The van der Waals surface area contributed by atoms with Crippen molar-refractivity contribution < 1.29 is 32.6 Å². The van der Waals surface area contributed by atoms with Gasteiger partial charge in [-0.05, 0) is 52.0 Å². The van der Waals surface area contributed by atoms with Crippen LogP contribution in [0.1, 0.15) is 38.8 Å². The van der Waals surface area contributed by atoms with Crippen LogP contribution in [0.5, 0.6) is 11.5 Å². The number of carbonyl (C=O) groups excluding carboxylic acids is 2. The summed E-state index contributed by atoms with van der Waals surface area (Å²) in [4.78, 5) is 23.1. The molecule has 5 nitrogen and oxygen atoms in total. The van der Waals surface area contributed by atoms with Crippen LogP contribution in [-0.4, -0.2) is 11.9 Å². The zero-order chi connectivity index (χ0) is 26.1. The first-order chi connectivity index (χ1) is 16.5. The second-order valence-corrected chi connectivity index (χ2v) is 7.64. The van der Waals surface area contributed by atoms with Crippen molar-refractivity contribution in [1.29, 1.82) is 0 Å². The van der Waals surface area contributed by atoms with Crippen LogP contribution in [0, 0.1) is 11.6 Å². The minimum Gasteiger partial charge on any atom is -0.458 e. The topological polar surface area (TPSA) is 61.8 Å². The predicted molar refractivity (Wildman–Crippen MR) is 131 cm³/mol. The smallest absolute Gasteiger partial charge is 0.338 e. The van der Waals surface area contributed by atoms with E-state index >= 15 is 0 Å². The Morgan fingerprint density at radius 2 is 1.17 bits per heavy atom. The Morgan fingerprint density at radius 1 is 0.714 bits per heavy atom. The zero-order valence-electron chi connectivity index (χ0n) is 20.0. The maximum Gasteiger partial charge on any atom is 0.338 e. The van der Waals surface area contributed by atoms with Crippen LogP contribution >= 0.6 is 0 Å². The number of hydrogen-bond acceptors (Lipinski definition) is 5. The summed E-state index contributed by atoms with van der Waals surface area (Å²) in [6.45, 7) is 13.1. The number of benzene rings is 2. The number of allylic oxidation sites excluding steroid dienone is 4. The maximum atomic E-state index is 14.5. The third-order valence-electron chi connectivity index (χ3n) is 4.53. The van der Waals surface area contributed by atoms with Crippen molar-refractivity contribution in [2.75, 3.05) is 0 Å². The van der Waals surface area contributed by atoms with Gasteiger partial charge in [-0.15, -0.1) is 0 Å². The van der Waals surface area contributed by atoms with Crippen LogP contribution < -0.4 is 9.47 Å². The molecule has 35 heavy (non-hydrogen) atoms. The van der Waals surface area contributed by atoms with Crippen LogP contribution in [-0.2, 0) is 14.3 Å². The van der Waals surface area contributed by atoms with E-state index in [9.17, 15) is 18.4 Å². The van der Waals surface area contributed by atoms with E-state index in [1.807, 2.05) is 0 Å². The summed E-state index contributed by atoms with van der Waals surface area (Å²) >= 11 is 0. The van der Waals surface area contributed by atoms with E-state index in [1.54, 1.807) is 32.1 Å². The molecule has 0 bridgehead atoms. The van der Waals surface area contributed by atoms with Crippen molar-refractivity contribution in [3.05, 3.63) is 107 Å². The lowest BCUT2D eigenvalue weighted by Gasteiger charge is -2.11. The molecule has 2 aromatic carbocycles. The van der Waals surface area contributed by atoms with Crippen molar-refractivity contribution in [3.63, 3.8) is 0 Å². The highest BCUT2D eigenvalue weighted by Gasteiger charge is 2.10. The average Bonchev–Trinajstić information content (AvgIpc) is 2.78. The summed E-state index contributed by atoms with van der Waals surface area (Å²) < 4.78 is 44.3. The quantitative estimate of drug-likeness (QED) is 0.128. The summed E-state index contributed by atoms with van der Waals surface area (Å²) in [5.74, 6) is -1.49. The van der Waals surface area contributed by atoms with Gasteiger partial charge in [0, 0.05) is 34.4 Å². The Labute approximate surface area is 203 Å². The molecule has 0 heterocycles. The van der Waals surface area contributed by atoms with Gasteiger partial charge in [-0.1, -0.05) is 37.5 Å². The first kappa shape index (κ1) is 27.0. The molecular weight excluding hydrogens is 454 g/mol. The van der Waals surface area contributed by atoms with Gasteiger partial charge in [-0.25, -0.2) is 18.4 Å². The molecule has 2 aromatic rings. The molecule has 0 spiro atoms. The monoisotopic (exact) mass is 480 g/mol. The third kappa shape index (κ3) is 8.23. The molecule has 0 N–H and O–H groups in total. The van der Waals surface area contributed by atoms with Crippen molar-refractivity contribution in [3.8, 4) is 11.5 Å². The van der Waals surface area contributed by atoms with Gasteiger partial charge >= 0.3 is 11.9 Å². The normalized spacial score (nSPS) is 11.8. The molecule has 0 fully saturated rings. The standard InChI is InChI=1S/C28H26F2O5/c1-17(2)27(31)34-20(6)19(5)33-23-13-11-21(25(29)15-23)9-7-8-10-22-12-14-24(16-26(22)30)35-28(32)18(3)4/h7-16H,1,3H2,2,4-6H3/b9-7+,10-8+,20-19+. The fraction of sp³-hybridized carbons (Fsp3) is 0.143. The molecule has 7 heteroatoms. The lowest BCUT2D eigenvalue weighted by Crippen LogP contribution is -2.08. The highest BCUT2D eigenvalue weighted by molar-refractivity contribution is 5.89. The number of carbonyl (C=O) groups is 2. The summed E-state index contributed by atoms with van der Waals surface area (Å²) in [5, 5.41) is 0. The lowest BCUT2D eigenvalue weighted by molar-refractivity contribution is -0.135. The average molecular weight is 481 g/mol. The van der Waals surface area contributed by atoms with Crippen LogP contribution in [0.25, 0.3) is 12.2 Å². The Balaban J connectivity index is 2.04. The summed E-state index contributed by atoms with van der Waals surface area (Å²) in [6, 6.07) is 8.30. The number of ether oxygens (including phenoxy) is 3. The highest BCUT2D eigenvalue weighted by Crippen LogP contribution is 2.22. The molecule has 0 saturated heterocycles. The lowest BCUT2D eigenvalue weighted by atomic mass is 10.1. The van der Waals surface area contributed by atoms with Crippen LogP contribution in [0.3, 0.4) is 0 Å². The Morgan fingerprint density at radius 3 is 1.60 bits per heavy atom. The van der Waals surface area contributed by atoms with Gasteiger partial charge < -0.3 is 14.2 Å². The van der Waals surface area contributed by atoms with Gasteiger partial charge in [0.15, 0.2) is 0 Å². The molecule has 2 rings (SSSR count). The van der Waals surface area contributed by atoms with E-state index in [0.717, 1.165) is 6.07 Å². The molecule has 0 amide bonds. The minimum atomic E-state index is -0.637. The second kappa shape index (κ2) is 12.3. The predicted octanol–water partition coefficient (Wildman–Crippen LogP) is 6.92. The summed E-state index contributed by atoms with van der Waals surface area (Å²) in [7, 11) is 0. The van der Waals surface area contributed by atoms with Crippen molar-refractivity contribution in [2.24, 2.45) is 0 Å². The van der Waals surface area contributed by atoms with Crippen LogP contribution in [0.4, 0.5) is 8.78 Å². The molecule has 0 aliphatic heterocycles. The Bertz CT molecular complexity index is 1250. The van der Waals surface area contributed by atoms with E-state index < -0.39 is 23.6 Å². The van der Waals surface area contributed by atoms with Crippen LogP contribution in [0.2, 0.25) is 0 Å². The largest absolute Gasteiger partial charge is 0.458 e. The van der Waals surface area contributed by atoms with E-state index in [-0.39, 0.29) is 39.5 Å². The van der Waals surface area contributed by atoms with Crippen LogP contribution in [0.15, 0.2) is 84.4 Å². The first-order valence-corrected chi connectivity index (χ1v) is 10.5. The molecule has 0 aromatic heterocycles. The highest BCUT2D eigenvalue weighted by atomic mass is 19.1. The fourth-order valence-electron chi connectivity index (χ4n) is 2.47. The first-order valence-electron chi connectivity index (χ1n) is 10.5. The molecule has 0 aliphatic rings. The number of esters is 2. The molecule has 0 unspecified atom stereocenters. The van der Waals surface area contributed by atoms with E-state index in [0.29, 0.717) is 5.76 Å². The number of hydrogen-bond donors (Lipinski definition) is 0. The van der Waals surface area contributed by atoms with Gasteiger partial charge in [0.2, 0.25) is 0 Å². The van der Waals surface area contributed by atoms with Gasteiger partial charge in [-0.3, -0.25) is 0 Å². The van der Waals surface area contributed by atoms with E-state index in [1.165, 1.54) is 50.3 Å². The molecule has 182 valence electrons. The Hall–Kier alpha value is -4.26. The molecule has 0 saturated carbocycles. The van der Waals surface area contributed by atoms with Gasteiger partial charge in [0.05, 0.1) is 0 Å². The van der Waals surface area contributed by atoms with Crippen molar-refractivity contribution in [2.45, 2.75) is 27.7 Å². The minimum absolute atomic E-state index is 0.0711. The van der Waals surface area contributed by atoms with Gasteiger partial charge in [0.1, 0.15) is 34.7 Å². The fourth-order valence-corrected chi connectivity index (χ4v) is 2.47. The molecular formula is C28H26F2O5. The maximum absolute atomic E-state index is 14.5. The van der Waals surface area contributed by atoms with Gasteiger partial charge in [-0.2, -0.15) is 0 Å². The Kier molecular flexibility index (Phi) is 9.46. The second-order valence-electron chi connectivity index (χ2n) is 7.64. The number of halogens is 2. The van der Waals surface area contributed by atoms with E-state index in [2.05, 4.69) is 13.2 Å². The SMILES string of the molecule is C=C(C)C(=O)O/C(C)=C(\C)Oc1ccc(/C=C/C=C/c2ccc(OC(=O)C(=C)C)cc2F)c(F)c1. The third-order valence-corrected chi connectivity index (χ3v) is 4.53. The molecule has 0 radical (unpaired) electrons. The molecule has 0 atom stereocenters. The van der Waals surface area contributed by atoms with E-state index in [4.69, 9.17) is 14.2 Å². The van der Waals surface area contributed by atoms with Crippen molar-refractivity contribution >= 4 is 24.1 Å². The van der Waals surface area contributed by atoms with Crippen molar-refractivity contribution in [1.82, 2.24) is 0 Å². The zero-order valence-corrected chi connectivity index (χ0v) is 20.0. The number of rotatable bonds is 9. The van der Waals surface area contributed by atoms with Gasteiger partial charge in [0.25, 0.3) is 0 Å². The molecule has 0 aliphatic carbocycles. The summed E-state index contributed by atoms with van der Waals surface area (Å²) in [6.07, 6.45) is 6.11. The summed E-state index contributed by atoms with van der Waals surface area (Å²) in [5.41, 5.74) is 1.00.